The van der Waals surface area contributed by atoms with E-state index in [1.54, 1.807) is 25.6 Å². The van der Waals surface area contributed by atoms with Crippen LogP contribution in [-0.2, 0) is 30.5 Å². The number of esters is 2. The normalized spacial score (nSPS) is 18.4. The van der Waals surface area contributed by atoms with Crippen molar-refractivity contribution in [3.63, 3.8) is 0 Å². The lowest BCUT2D eigenvalue weighted by atomic mass is 9.86. The van der Waals surface area contributed by atoms with Crippen molar-refractivity contribution in [2.24, 2.45) is 5.41 Å². The minimum absolute atomic E-state index is 0.195. The van der Waals surface area contributed by atoms with Crippen molar-refractivity contribution in [2.75, 3.05) is 13.2 Å². The number of benzene rings is 2. The van der Waals surface area contributed by atoms with Crippen LogP contribution >= 0.6 is 11.8 Å². The van der Waals surface area contributed by atoms with Crippen LogP contribution in [0.3, 0.4) is 0 Å². The van der Waals surface area contributed by atoms with Crippen molar-refractivity contribution in [2.45, 2.75) is 44.2 Å². The first-order valence-corrected chi connectivity index (χ1v) is 11.6. The lowest BCUT2D eigenvalue weighted by molar-refractivity contribution is -0.171. The summed E-state index contributed by atoms with van der Waals surface area (Å²) in [6, 6.07) is 19.4. The molecule has 0 heterocycles. The Bertz CT molecular complexity index is 898. The van der Waals surface area contributed by atoms with Crippen LogP contribution in [0.1, 0.15) is 32.3 Å². The molecule has 0 aliphatic heterocycles. The van der Waals surface area contributed by atoms with Gasteiger partial charge in [0.1, 0.15) is 0 Å². The highest BCUT2D eigenvalue weighted by atomic mass is 32.2. The first-order chi connectivity index (χ1) is 15.6. The van der Waals surface area contributed by atoms with Crippen molar-refractivity contribution in [3.05, 3.63) is 77.2 Å². The monoisotopic (exact) mass is 455 g/mol. The Kier molecular flexibility index (Phi) is 8.90. The highest BCUT2D eigenvalue weighted by Crippen LogP contribution is 2.45. The van der Waals surface area contributed by atoms with Gasteiger partial charge in [-0.25, -0.2) is 0 Å². The predicted octanol–water partition coefficient (Wildman–Crippen LogP) is 4.66. The Morgan fingerprint density at radius 2 is 1.59 bits per heavy atom. The molecule has 0 radical (unpaired) electrons. The molecule has 7 heteroatoms. The lowest BCUT2D eigenvalue weighted by Crippen LogP contribution is -2.41. The molecule has 0 bridgehead atoms. The minimum Gasteiger partial charge on any atom is -0.465 e. The van der Waals surface area contributed by atoms with Crippen LogP contribution < -0.4 is 5.48 Å². The molecular weight excluding hydrogens is 426 g/mol. The van der Waals surface area contributed by atoms with Gasteiger partial charge in [0, 0.05) is 4.90 Å². The Labute approximate surface area is 193 Å². The fourth-order valence-corrected chi connectivity index (χ4v) is 4.49. The second-order valence-electron chi connectivity index (χ2n) is 7.47. The molecule has 1 aliphatic carbocycles. The third kappa shape index (κ3) is 6.00. The zero-order valence-corrected chi connectivity index (χ0v) is 19.2. The topological polar surface area (TPSA) is 73.9 Å². The van der Waals surface area contributed by atoms with Gasteiger partial charge in [0.15, 0.2) is 5.41 Å². The summed E-state index contributed by atoms with van der Waals surface area (Å²) in [6.07, 6.45) is 0.428. The van der Waals surface area contributed by atoms with Gasteiger partial charge in [-0.15, -0.1) is 0 Å². The highest BCUT2D eigenvalue weighted by Gasteiger charge is 2.56. The molecule has 1 unspecified atom stereocenters. The molecule has 1 saturated carbocycles. The van der Waals surface area contributed by atoms with E-state index in [-0.39, 0.29) is 32.1 Å². The molecule has 2 aromatic carbocycles. The lowest BCUT2D eigenvalue weighted by Gasteiger charge is -2.24. The highest BCUT2D eigenvalue weighted by molar-refractivity contribution is 8.02. The van der Waals surface area contributed by atoms with Crippen molar-refractivity contribution in [3.8, 4) is 0 Å². The standard InChI is InChI=1S/C25H29NO5S/c1-3-29-23(27)25(24(28)30-4-2)15-20(18-32-21-13-9-6-10-14-21)22(16-25)26-31-17-19-11-7-5-8-12-19/h5-14,18,22,26H,3-4,15-17H2,1-2H3/b20-18+. The molecule has 0 spiro atoms. The molecule has 1 fully saturated rings. The van der Waals surface area contributed by atoms with Crippen molar-refractivity contribution < 1.29 is 23.9 Å². The molecule has 0 aromatic heterocycles. The number of hydrogen-bond acceptors (Lipinski definition) is 7. The number of hydrogen-bond donors (Lipinski definition) is 1. The fraction of sp³-hybridized carbons (Fsp3) is 0.360. The summed E-state index contributed by atoms with van der Waals surface area (Å²) < 4.78 is 10.6. The second kappa shape index (κ2) is 11.9. The van der Waals surface area contributed by atoms with Gasteiger partial charge in [0.05, 0.1) is 25.9 Å². The van der Waals surface area contributed by atoms with E-state index in [4.69, 9.17) is 14.3 Å². The average Bonchev–Trinajstić information content (AvgIpc) is 3.19. The smallest absolute Gasteiger partial charge is 0.323 e. The summed E-state index contributed by atoms with van der Waals surface area (Å²) in [4.78, 5) is 32.7. The van der Waals surface area contributed by atoms with E-state index in [0.29, 0.717) is 6.61 Å². The van der Waals surface area contributed by atoms with Crippen LogP contribution in [0, 0.1) is 5.41 Å². The minimum atomic E-state index is -1.39. The number of hydroxylamine groups is 1. The average molecular weight is 456 g/mol. The summed E-state index contributed by atoms with van der Waals surface area (Å²) in [6.45, 7) is 4.21. The Hall–Kier alpha value is -2.61. The Morgan fingerprint density at radius 1 is 1.00 bits per heavy atom. The summed E-state index contributed by atoms with van der Waals surface area (Å²) >= 11 is 1.54. The van der Waals surface area contributed by atoms with Gasteiger partial charge in [-0.3, -0.25) is 14.4 Å². The molecule has 1 aliphatic rings. The number of carbonyl (C=O) groups is 2. The van der Waals surface area contributed by atoms with E-state index in [2.05, 4.69) is 5.48 Å². The molecular formula is C25H29NO5S. The maximum Gasteiger partial charge on any atom is 0.323 e. The summed E-state index contributed by atoms with van der Waals surface area (Å²) in [5.41, 5.74) is 3.60. The van der Waals surface area contributed by atoms with Crippen LogP contribution in [0.5, 0.6) is 0 Å². The van der Waals surface area contributed by atoms with E-state index < -0.39 is 17.4 Å². The van der Waals surface area contributed by atoms with E-state index in [9.17, 15) is 9.59 Å². The van der Waals surface area contributed by atoms with E-state index in [0.717, 1.165) is 16.0 Å². The number of rotatable bonds is 10. The van der Waals surface area contributed by atoms with Gasteiger partial charge in [-0.1, -0.05) is 60.3 Å². The zero-order valence-electron chi connectivity index (χ0n) is 18.4. The first kappa shape index (κ1) is 24.0. The van der Waals surface area contributed by atoms with E-state index >= 15 is 0 Å². The maximum atomic E-state index is 12.9. The molecule has 1 atom stereocenters. The van der Waals surface area contributed by atoms with Crippen LogP contribution in [0.2, 0.25) is 0 Å². The Balaban J connectivity index is 1.82. The van der Waals surface area contributed by atoms with E-state index in [1.807, 2.05) is 66.1 Å². The SMILES string of the molecule is CCOC(=O)C1(C(=O)OCC)C/C(=C\Sc2ccccc2)C(NOCc2ccccc2)C1. The van der Waals surface area contributed by atoms with Crippen molar-refractivity contribution in [1.29, 1.82) is 0 Å². The molecule has 3 rings (SSSR count). The number of ether oxygens (including phenoxy) is 2. The van der Waals surface area contributed by atoms with Gasteiger partial charge < -0.3 is 9.47 Å². The molecule has 32 heavy (non-hydrogen) atoms. The van der Waals surface area contributed by atoms with Crippen LogP contribution in [0.15, 0.2) is 76.5 Å². The van der Waals surface area contributed by atoms with Gasteiger partial charge in [0.2, 0.25) is 0 Å². The van der Waals surface area contributed by atoms with Gasteiger partial charge in [0.25, 0.3) is 0 Å². The van der Waals surface area contributed by atoms with Crippen molar-refractivity contribution in [1.82, 2.24) is 5.48 Å². The van der Waals surface area contributed by atoms with Crippen LogP contribution in [-0.4, -0.2) is 31.2 Å². The number of carbonyl (C=O) groups excluding carboxylic acids is 2. The van der Waals surface area contributed by atoms with Gasteiger partial charge in [-0.05, 0) is 55.4 Å². The third-order valence-corrected chi connectivity index (χ3v) is 6.20. The molecule has 1 N–H and O–H groups in total. The molecule has 170 valence electrons. The first-order valence-electron chi connectivity index (χ1n) is 10.8. The fourth-order valence-electron chi connectivity index (χ4n) is 3.64. The van der Waals surface area contributed by atoms with Crippen molar-refractivity contribution >= 4 is 23.7 Å². The molecule has 0 saturated heterocycles. The predicted molar refractivity (Wildman–Crippen MR) is 123 cm³/mol. The summed E-state index contributed by atoms with van der Waals surface area (Å²) in [5.74, 6) is -1.11. The quantitative estimate of drug-likeness (QED) is 0.242. The van der Waals surface area contributed by atoms with Gasteiger partial charge in [-0.2, -0.15) is 5.48 Å². The number of thioether (sulfide) groups is 1. The Morgan fingerprint density at radius 3 is 2.19 bits per heavy atom. The maximum absolute atomic E-state index is 12.9. The van der Waals surface area contributed by atoms with Crippen LogP contribution in [0.4, 0.5) is 0 Å². The zero-order chi connectivity index (χ0) is 22.8. The summed E-state index contributed by atoms with van der Waals surface area (Å²) in [5, 5.41) is 1.99. The molecule has 6 nitrogen and oxygen atoms in total. The molecule has 2 aromatic rings. The third-order valence-electron chi connectivity index (χ3n) is 5.24. The largest absolute Gasteiger partial charge is 0.465 e. The second-order valence-corrected chi connectivity index (χ2v) is 8.42. The molecule has 0 amide bonds. The number of nitrogens with one attached hydrogen (secondary N) is 1. The van der Waals surface area contributed by atoms with Crippen LogP contribution in [0.25, 0.3) is 0 Å². The van der Waals surface area contributed by atoms with E-state index in [1.165, 1.54) is 0 Å². The van der Waals surface area contributed by atoms with Gasteiger partial charge >= 0.3 is 11.9 Å². The summed E-state index contributed by atoms with van der Waals surface area (Å²) in [7, 11) is 0.